The molecule has 12 nitrogen and oxygen atoms in total. The summed E-state index contributed by atoms with van der Waals surface area (Å²) in [5.41, 5.74) is 2.50. The lowest BCUT2D eigenvalue weighted by atomic mass is 9.94. The minimum Gasteiger partial charge on any atom is -0.404 e. The number of urea groups is 1. The lowest BCUT2D eigenvalue weighted by Crippen LogP contribution is -2.78. The molecule has 47 heavy (non-hydrogen) atoms. The van der Waals surface area contributed by atoms with Crippen molar-refractivity contribution in [2.75, 3.05) is 13.6 Å². The molecule has 2 aliphatic heterocycles. The Kier molecular flexibility index (Phi) is 9.03. The summed E-state index contributed by atoms with van der Waals surface area (Å²) in [4.78, 5) is 63.8. The molecule has 2 aliphatic rings. The van der Waals surface area contributed by atoms with Crippen LogP contribution in [-0.2, 0) is 33.7 Å². The van der Waals surface area contributed by atoms with Crippen LogP contribution >= 0.6 is 7.82 Å². The average Bonchev–Trinajstić information content (AvgIpc) is 3.04. The van der Waals surface area contributed by atoms with Crippen molar-refractivity contribution in [1.29, 1.82) is 0 Å². The second-order valence-electron chi connectivity index (χ2n) is 11.8. The van der Waals surface area contributed by atoms with E-state index in [-0.39, 0.29) is 43.6 Å². The molecule has 0 bridgehead atoms. The van der Waals surface area contributed by atoms with E-state index in [2.05, 4.69) is 9.84 Å². The van der Waals surface area contributed by atoms with Gasteiger partial charge in [-0.1, -0.05) is 84.9 Å². The van der Waals surface area contributed by atoms with E-state index in [0.717, 1.165) is 21.9 Å². The highest BCUT2D eigenvalue weighted by Crippen LogP contribution is 2.38. The van der Waals surface area contributed by atoms with Gasteiger partial charge in [0.1, 0.15) is 18.0 Å². The topological polar surface area (TPSA) is 143 Å². The van der Waals surface area contributed by atoms with Gasteiger partial charge >= 0.3 is 13.9 Å². The van der Waals surface area contributed by atoms with Crippen molar-refractivity contribution in [2.24, 2.45) is 0 Å². The van der Waals surface area contributed by atoms with Crippen molar-refractivity contribution in [1.82, 2.24) is 25.1 Å². The smallest absolute Gasteiger partial charge is 0.404 e. The summed E-state index contributed by atoms with van der Waals surface area (Å²) in [7, 11) is -3.07. The fraction of sp³-hybridized carbons (Fsp3) is 0.265. The molecule has 3 N–H and O–H groups in total. The summed E-state index contributed by atoms with van der Waals surface area (Å²) in [5.74, 6) is -0.584. The van der Waals surface area contributed by atoms with E-state index in [4.69, 9.17) is 0 Å². The number of hydrazine groups is 1. The Bertz CT molecular complexity index is 1830. The Balaban J connectivity index is 1.36. The van der Waals surface area contributed by atoms with E-state index in [1.165, 1.54) is 22.0 Å². The molecule has 0 aromatic heterocycles. The van der Waals surface area contributed by atoms with Crippen LogP contribution in [0.1, 0.15) is 23.6 Å². The van der Waals surface area contributed by atoms with E-state index in [9.17, 15) is 28.7 Å². The summed E-state index contributed by atoms with van der Waals surface area (Å²) >= 11 is 0. The molecule has 6 rings (SSSR count). The SMILES string of the molecule is CC1C2N(C(=O)CN(C)N2C(=O)NCc2ccccc2)C(Cc2ccc(OP(=O)(O)O)cc2)C(=O)N1Cc1cccc2ccccc12. The third-order valence-corrected chi connectivity index (χ3v) is 9.12. The predicted octanol–water partition coefficient (Wildman–Crippen LogP) is 3.88. The number of hydrogen-bond donors (Lipinski definition) is 3. The minimum absolute atomic E-state index is 0.0296. The van der Waals surface area contributed by atoms with Crippen LogP contribution in [0.4, 0.5) is 4.79 Å². The number of hydrogen-bond acceptors (Lipinski definition) is 6. The van der Waals surface area contributed by atoms with Gasteiger partial charge in [0, 0.05) is 26.6 Å². The first kappa shape index (κ1) is 32.2. The summed E-state index contributed by atoms with van der Waals surface area (Å²) in [5, 5.41) is 8.15. The van der Waals surface area contributed by atoms with E-state index in [0.29, 0.717) is 5.56 Å². The van der Waals surface area contributed by atoms with Crippen LogP contribution in [0.2, 0.25) is 0 Å². The first-order valence-corrected chi connectivity index (χ1v) is 16.8. The molecule has 4 aromatic rings. The number of piperazine rings is 1. The molecule has 3 unspecified atom stereocenters. The van der Waals surface area contributed by atoms with Crippen LogP contribution in [-0.4, -0.2) is 79.3 Å². The zero-order valence-corrected chi connectivity index (χ0v) is 26.9. The van der Waals surface area contributed by atoms with Crippen molar-refractivity contribution < 1.29 is 33.3 Å². The summed E-state index contributed by atoms with van der Waals surface area (Å²) in [6.45, 7) is 2.29. The molecule has 0 saturated carbocycles. The molecule has 2 fully saturated rings. The number of benzene rings is 4. The van der Waals surface area contributed by atoms with Gasteiger partial charge in [0.25, 0.3) is 0 Å². The summed E-state index contributed by atoms with van der Waals surface area (Å²) in [6.07, 6.45) is -0.703. The highest BCUT2D eigenvalue weighted by Gasteiger charge is 2.54. The zero-order valence-electron chi connectivity index (χ0n) is 26.0. The molecule has 3 atom stereocenters. The lowest BCUT2D eigenvalue weighted by molar-refractivity contribution is -0.196. The molecule has 2 saturated heterocycles. The Morgan fingerprint density at radius 3 is 2.32 bits per heavy atom. The molecule has 0 spiro atoms. The van der Waals surface area contributed by atoms with Crippen molar-refractivity contribution in [3.8, 4) is 5.75 Å². The van der Waals surface area contributed by atoms with Gasteiger partial charge in [0.2, 0.25) is 11.8 Å². The molecule has 244 valence electrons. The largest absolute Gasteiger partial charge is 0.524 e. The van der Waals surface area contributed by atoms with Gasteiger partial charge in [-0.3, -0.25) is 19.4 Å². The third kappa shape index (κ3) is 6.86. The van der Waals surface area contributed by atoms with E-state index < -0.39 is 32.1 Å². The number of likely N-dealkylation sites (N-methyl/N-ethyl adjacent to an activating group) is 1. The molecule has 4 amide bonds. The number of fused-ring (bicyclic) bond motifs is 2. The second-order valence-corrected chi connectivity index (χ2v) is 13.0. The Morgan fingerprint density at radius 2 is 1.60 bits per heavy atom. The van der Waals surface area contributed by atoms with Crippen molar-refractivity contribution >= 4 is 36.4 Å². The Labute approximate surface area is 272 Å². The maximum Gasteiger partial charge on any atom is 0.524 e. The number of phosphoric ester groups is 1. The highest BCUT2D eigenvalue weighted by molar-refractivity contribution is 7.46. The van der Waals surface area contributed by atoms with Crippen LogP contribution in [0.25, 0.3) is 10.8 Å². The lowest BCUT2D eigenvalue weighted by Gasteiger charge is -2.57. The number of nitrogens with zero attached hydrogens (tertiary/aromatic N) is 4. The molecular weight excluding hydrogens is 621 g/mol. The monoisotopic (exact) mass is 657 g/mol. The van der Waals surface area contributed by atoms with Crippen LogP contribution < -0.4 is 9.84 Å². The first-order chi connectivity index (χ1) is 22.5. The van der Waals surface area contributed by atoms with Crippen LogP contribution in [0.15, 0.2) is 97.1 Å². The van der Waals surface area contributed by atoms with Crippen molar-refractivity contribution in [2.45, 2.75) is 44.7 Å². The summed E-state index contributed by atoms with van der Waals surface area (Å²) in [6, 6.07) is 27.5. The predicted molar refractivity (Wildman–Crippen MR) is 174 cm³/mol. The molecular formula is C34H36N5O7P. The third-order valence-electron chi connectivity index (χ3n) is 8.67. The van der Waals surface area contributed by atoms with Crippen LogP contribution in [0.5, 0.6) is 5.75 Å². The number of nitrogens with one attached hydrogen (secondary N) is 1. The number of rotatable bonds is 8. The second kappa shape index (κ2) is 13.2. The standard InChI is InChI=1S/C34H36N5O7P/c1-23-32-38(31(40)22-36(2)39(32)34(42)35-20-25-9-4-3-5-10-25)30(19-24-15-17-28(18-16-24)46-47(43,44)45)33(41)37(23)21-27-13-8-12-26-11-6-7-14-29(26)27/h3-18,23,30,32H,19-22H2,1-2H3,(H,35,42)(H2,43,44,45). The molecule has 0 aliphatic carbocycles. The molecule has 0 radical (unpaired) electrons. The average molecular weight is 658 g/mol. The normalized spacial score (nSPS) is 20.3. The number of carbonyl (C=O) groups is 3. The first-order valence-electron chi connectivity index (χ1n) is 15.2. The fourth-order valence-corrected chi connectivity index (χ4v) is 6.88. The molecule has 2 heterocycles. The van der Waals surface area contributed by atoms with Crippen LogP contribution in [0.3, 0.4) is 0 Å². The number of carbonyl (C=O) groups excluding carboxylic acids is 3. The van der Waals surface area contributed by atoms with Gasteiger partial charge < -0.3 is 19.6 Å². The van der Waals surface area contributed by atoms with Gasteiger partial charge in [-0.05, 0) is 46.5 Å². The zero-order chi connectivity index (χ0) is 33.3. The van der Waals surface area contributed by atoms with Gasteiger partial charge in [0.15, 0.2) is 0 Å². The van der Waals surface area contributed by atoms with Crippen molar-refractivity contribution in [3.05, 3.63) is 114 Å². The van der Waals surface area contributed by atoms with Gasteiger partial charge in [-0.15, -0.1) is 0 Å². The minimum atomic E-state index is -4.75. The molecule has 4 aromatic carbocycles. The highest BCUT2D eigenvalue weighted by atomic mass is 31.2. The maximum atomic E-state index is 14.5. The molecule has 13 heteroatoms. The quantitative estimate of drug-likeness (QED) is 0.243. The fourth-order valence-electron chi connectivity index (χ4n) is 6.49. The van der Waals surface area contributed by atoms with Gasteiger partial charge in [0.05, 0.1) is 12.6 Å². The van der Waals surface area contributed by atoms with Gasteiger partial charge in [-0.2, -0.15) is 0 Å². The van der Waals surface area contributed by atoms with E-state index in [1.807, 2.05) is 79.7 Å². The summed E-state index contributed by atoms with van der Waals surface area (Å²) < 4.78 is 16.0. The maximum absolute atomic E-state index is 14.5. The van der Waals surface area contributed by atoms with Gasteiger partial charge in [-0.25, -0.2) is 19.4 Å². The number of amides is 4. The Morgan fingerprint density at radius 1 is 0.915 bits per heavy atom. The van der Waals surface area contributed by atoms with Crippen LogP contribution in [0, 0.1) is 0 Å². The Hall–Kier alpha value is -4.74. The van der Waals surface area contributed by atoms with E-state index in [1.54, 1.807) is 29.1 Å². The number of phosphoric acid groups is 1. The van der Waals surface area contributed by atoms with E-state index >= 15 is 0 Å². The van der Waals surface area contributed by atoms with Crippen molar-refractivity contribution in [3.63, 3.8) is 0 Å².